The highest BCUT2D eigenvalue weighted by atomic mass is 32.2. The molecule has 1 aromatic heterocycles. The van der Waals surface area contributed by atoms with E-state index >= 15 is 0 Å². The molecule has 3 aromatic rings. The number of benzene rings is 2. The maximum absolute atomic E-state index is 12.9. The topological polar surface area (TPSA) is 86.3 Å². The zero-order valence-electron chi connectivity index (χ0n) is 19.8. The van der Waals surface area contributed by atoms with Gasteiger partial charge in [0.2, 0.25) is 11.1 Å². The molecular weight excluding hydrogens is 434 g/mol. The molecule has 0 aliphatic heterocycles. The fourth-order valence-corrected chi connectivity index (χ4v) is 4.07. The summed E-state index contributed by atoms with van der Waals surface area (Å²) in [7, 11) is 0. The van der Waals surface area contributed by atoms with Gasteiger partial charge in [-0.1, -0.05) is 74.5 Å². The van der Waals surface area contributed by atoms with Crippen LogP contribution in [0.25, 0.3) is 0 Å². The van der Waals surface area contributed by atoms with Crippen molar-refractivity contribution in [1.29, 1.82) is 0 Å². The monoisotopic (exact) mass is 467 g/mol. The molecule has 0 spiro atoms. The Kier molecular flexibility index (Phi) is 8.77. The van der Waals surface area contributed by atoms with E-state index < -0.39 is 0 Å². The van der Waals surface area contributed by atoms with E-state index in [1.165, 1.54) is 27.6 Å². The van der Waals surface area contributed by atoms with Crippen molar-refractivity contribution in [1.82, 2.24) is 19.8 Å². The molecule has 7 nitrogen and oxygen atoms in total. The largest absolute Gasteiger partial charge is 0.486 e. The molecule has 0 aliphatic rings. The number of thioether (sulfide) groups is 1. The van der Waals surface area contributed by atoms with E-state index in [-0.39, 0.29) is 18.3 Å². The van der Waals surface area contributed by atoms with Gasteiger partial charge in [0.05, 0.1) is 5.75 Å². The van der Waals surface area contributed by atoms with Crippen LogP contribution in [0.1, 0.15) is 55.6 Å². The molecule has 2 aromatic carbocycles. The molecule has 1 amide bonds. The Morgan fingerprint density at radius 2 is 1.82 bits per heavy atom. The van der Waals surface area contributed by atoms with Crippen molar-refractivity contribution in [2.24, 2.45) is 0 Å². The van der Waals surface area contributed by atoms with Crippen LogP contribution in [0.3, 0.4) is 0 Å². The zero-order chi connectivity index (χ0) is 23.8. The summed E-state index contributed by atoms with van der Waals surface area (Å²) in [5.74, 6) is 8.18. The van der Waals surface area contributed by atoms with Gasteiger partial charge in [-0.25, -0.2) is 4.68 Å². The number of nitrogens with two attached hydrogens (primary N) is 1. The van der Waals surface area contributed by atoms with Gasteiger partial charge in [-0.2, -0.15) is 0 Å². The number of hydrogen-bond acceptors (Lipinski definition) is 6. The third-order valence-electron chi connectivity index (χ3n) is 5.31. The lowest BCUT2D eigenvalue weighted by Gasteiger charge is -2.22. The van der Waals surface area contributed by atoms with Crippen LogP contribution in [-0.2, 0) is 17.9 Å². The van der Waals surface area contributed by atoms with E-state index in [0.717, 1.165) is 17.7 Å². The molecule has 0 atom stereocenters. The summed E-state index contributed by atoms with van der Waals surface area (Å²) in [6.45, 7) is 9.94. The third kappa shape index (κ3) is 6.99. The molecule has 176 valence electrons. The smallest absolute Gasteiger partial charge is 0.233 e. The molecule has 0 saturated carbocycles. The number of amides is 1. The molecule has 0 aliphatic carbocycles. The van der Waals surface area contributed by atoms with Crippen molar-refractivity contribution in [2.75, 3.05) is 18.1 Å². The summed E-state index contributed by atoms with van der Waals surface area (Å²) in [5.41, 5.74) is 3.58. The maximum atomic E-state index is 12.9. The van der Waals surface area contributed by atoms with Crippen LogP contribution in [0.15, 0.2) is 53.7 Å². The van der Waals surface area contributed by atoms with Crippen LogP contribution in [-0.4, -0.2) is 38.0 Å². The molecule has 0 bridgehead atoms. The van der Waals surface area contributed by atoms with Crippen LogP contribution < -0.4 is 10.6 Å². The quantitative estimate of drug-likeness (QED) is 0.329. The average molecular weight is 468 g/mol. The first-order valence-electron chi connectivity index (χ1n) is 11.3. The second kappa shape index (κ2) is 11.7. The highest BCUT2D eigenvalue weighted by Gasteiger charge is 2.17. The van der Waals surface area contributed by atoms with Gasteiger partial charge < -0.3 is 15.5 Å². The number of carbonyl (C=O) groups is 1. The van der Waals surface area contributed by atoms with Gasteiger partial charge in [-0.3, -0.25) is 4.79 Å². The second-order valence-corrected chi connectivity index (χ2v) is 9.31. The molecule has 0 radical (unpaired) electrons. The average Bonchev–Trinajstić information content (AvgIpc) is 3.16. The van der Waals surface area contributed by atoms with Crippen molar-refractivity contribution in [3.05, 3.63) is 71.0 Å². The number of rotatable bonds is 11. The molecule has 8 heteroatoms. The fraction of sp³-hybridized carbons (Fsp3) is 0.400. The summed E-state index contributed by atoms with van der Waals surface area (Å²) in [5, 5.41) is 8.76. The van der Waals surface area contributed by atoms with Gasteiger partial charge in [0.1, 0.15) is 12.4 Å². The van der Waals surface area contributed by atoms with Crippen LogP contribution >= 0.6 is 11.8 Å². The van der Waals surface area contributed by atoms with Crippen molar-refractivity contribution in [3.8, 4) is 5.75 Å². The number of aromatic nitrogens is 3. The fourth-order valence-electron chi connectivity index (χ4n) is 3.29. The van der Waals surface area contributed by atoms with E-state index in [9.17, 15) is 4.79 Å². The number of ether oxygens (including phenoxy) is 1. The van der Waals surface area contributed by atoms with Gasteiger partial charge in [0.15, 0.2) is 5.82 Å². The Hall–Kier alpha value is -3.00. The van der Waals surface area contributed by atoms with Crippen molar-refractivity contribution >= 4 is 17.7 Å². The maximum Gasteiger partial charge on any atom is 0.233 e. The second-order valence-electron chi connectivity index (χ2n) is 8.37. The van der Waals surface area contributed by atoms with Crippen LogP contribution in [0.4, 0.5) is 0 Å². The Morgan fingerprint density at radius 3 is 2.45 bits per heavy atom. The van der Waals surface area contributed by atoms with Gasteiger partial charge >= 0.3 is 0 Å². The number of carbonyl (C=O) groups excluding carboxylic acids is 1. The Labute approximate surface area is 200 Å². The zero-order valence-corrected chi connectivity index (χ0v) is 20.6. The van der Waals surface area contributed by atoms with Crippen LogP contribution in [0.5, 0.6) is 5.75 Å². The number of aryl methyl sites for hydroxylation is 1. The van der Waals surface area contributed by atoms with Gasteiger partial charge in [0.25, 0.3) is 0 Å². The first-order valence-corrected chi connectivity index (χ1v) is 12.2. The van der Waals surface area contributed by atoms with Crippen LogP contribution in [0, 0.1) is 6.92 Å². The first-order chi connectivity index (χ1) is 15.9. The van der Waals surface area contributed by atoms with Gasteiger partial charge in [-0.15, -0.1) is 10.2 Å². The summed E-state index contributed by atoms with van der Waals surface area (Å²) in [6, 6.07) is 16.3. The highest BCUT2D eigenvalue weighted by molar-refractivity contribution is 7.99. The highest BCUT2D eigenvalue weighted by Crippen LogP contribution is 2.20. The minimum atomic E-state index is 0.0495. The van der Waals surface area contributed by atoms with E-state index in [2.05, 4.69) is 74.3 Å². The van der Waals surface area contributed by atoms with E-state index in [1.54, 1.807) is 0 Å². The summed E-state index contributed by atoms with van der Waals surface area (Å²) >= 11 is 1.29. The minimum Gasteiger partial charge on any atom is -0.486 e. The lowest BCUT2D eigenvalue weighted by Crippen LogP contribution is -2.32. The third-order valence-corrected chi connectivity index (χ3v) is 6.24. The van der Waals surface area contributed by atoms with Crippen molar-refractivity contribution in [2.45, 2.75) is 58.3 Å². The molecule has 0 unspecified atom stereocenters. The molecular formula is C25H33N5O2S. The number of nitrogen functional groups attached to an aromatic ring is 1. The lowest BCUT2D eigenvalue weighted by molar-refractivity contribution is -0.129. The molecule has 1 heterocycles. The van der Waals surface area contributed by atoms with Crippen LogP contribution in [0.2, 0.25) is 0 Å². The van der Waals surface area contributed by atoms with E-state index in [0.29, 0.717) is 30.0 Å². The Bertz CT molecular complexity index is 1030. The number of nitrogens with zero attached hydrogens (tertiary/aromatic N) is 4. The molecule has 0 fully saturated rings. The standard InChI is InChI=1S/C25H33N5O2S/c1-5-14-29(15-20-8-6-19(4)7-9-20)24(31)17-33-25-28-27-23(30(25)26)16-32-22-12-10-21(11-13-22)18(2)3/h6-13,18H,5,14-17,26H2,1-4H3. The molecule has 3 rings (SSSR count). The van der Waals surface area contributed by atoms with Crippen molar-refractivity contribution in [3.63, 3.8) is 0 Å². The van der Waals surface area contributed by atoms with Gasteiger partial charge in [-0.05, 0) is 42.5 Å². The lowest BCUT2D eigenvalue weighted by atomic mass is 10.0. The molecule has 2 N–H and O–H groups in total. The Balaban J connectivity index is 1.54. The van der Waals surface area contributed by atoms with E-state index in [1.807, 2.05) is 17.0 Å². The Morgan fingerprint density at radius 1 is 1.12 bits per heavy atom. The predicted octanol–water partition coefficient (Wildman–Crippen LogP) is 4.53. The normalized spacial score (nSPS) is 11.1. The minimum absolute atomic E-state index is 0.0495. The SMILES string of the molecule is CCCN(Cc1ccc(C)cc1)C(=O)CSc1nnc(COc2ccc(C(C)C)cc2)n1N. The predicted molar refractivity (Wildman–Crippen MR) is 133 cm³/mol. The summed E-state index contributed by atoms with van der Waals surface area (Å²) < 4.78 is 7.20. The summed E-state index contributed by atoms with van der Waals surface area (Å²) in [6.07, 6.45) is 0.898. The van der Waals surface area contributed by atoms with E-state index in [4.69, 9.17) is 10.6 Å². The molecule has 33 heavy (non-hydrogen) atoms. The van der Waals surface area contributed by atoms with Crippen molar-refractivity contribution < 1.29 is 9.53 Å². The first kappa shape index (κ1) is 24.6. The summed E-state index contributed by atoms with van der Waals surface area (Å²) in [4.78, 5) is 14.7. The number of hydrogen-bond donors (Lipinski definition) is 1. The van der Waals surface area contributed by atoms with Gasteiger partial charge in [0, 0.05) is 13.1 Å². The molecule has 0 saturated heterocycles.